The van der Waals surface area contributed by atoms with E-state index in [1.165, 1.54) is 16.1 Å². The first-order valence-corrected chi connectivity index (χ1v) is 7.63. The van der Waals surface area contributed by atoms with Gasteiger partial charge < -0.3 is 4.74 Å². The molecule has 0 saturated heterocycles. The van der Waals surface area contributed by atoms with Crippen molar-refractivity contribution in [2.45, 2.75) is 13.3 Å². The summed E-state index contributed by atoms with van der Waals surface area (Å²) in [6.45, 7) is 1.91. The van der Waals surface area contributed by atoms with Crippen LogP contribution in [0.25, 0.3) is 16.3 Å². The van der Waals surface area contributed by atoms with Crippen molar-refractivity contribution in [2.24, 2.45) is 0 Å². The van der Waals surface area contributed by atoms with Crippen molar-refractivity contribution < 1.29 is 17.9 Å². The first-order chi connectivity index (χ1) is 11.3. The van der Waals surface area contributed by atoms with E-state index in [1.807, 2.05) is 31.2 Å². The number of nitrogens with zero attached hydrogens (tertiary/aromatic N) is 2. The van der Waals surface area contributed by atoms with Gasteiger partial charge in [-0.3, -0.25) is 0 Å². The van der Waals surface area contributed by atoms with E-state index in [1.54, 1.807) is 0 Å². The van der Waals surface area contributed by atoms with E-state index in [9.17, 15) is 18.0 Å². The summed E-state index contributed by atoms with van der Waals surface area (Å²) in [5.41, 5.74) is 1.76. The van der Waals surface area contributed by atoms with Gasteiger partial charge in [0.15, 0.2) is 0 Å². The van der Waals surface area contributed by atoms with Crippen LogP contribution < -0.4 is 10.4 Å². The second-order valence-corrected chi connectivity index (χ2v) is 5.88. The highest BCUT2D eigenvalue weighted by molar-refractivity contribution is 7.10. The molecule has 0 aliphatic heterocycles. The standard InChI is InChI=1S/C16H11F3N2O2S/c1-10-4-2-3-5-13(10)14-20-15(22)21(24-14)11-6-8-12(9-7-11)23-16(17,18)19/h2-9H,1H3. The van der Waals surface area contributed by atoms with E-state index < -0.39 is 12.1 Å². The first kappa shape index (κ1) is 16.3. The Morgan fingerprint density at radius 2 is 1.75 bits per heavy atom. The van der Waals surface area contributed by atoms with E-state index in [0.29, 0.717) is 10.7 Å². The lowest BCUT2D eigenvalue weighted by molar-refractivity contribution is -0.274. The smallest absolute Gasteiger partial charge is 0.406 e. The Balaban J connectivity index is 1.94. The summed E-state index contributed by atoms with van der Waals surface area (Å²) < 4.78 is 41.6. The van der Waals surface area contributed by atoms with Crippen molar-refractivity contribution in [2.75, 3.05) is 0 Å². The van der Waals surface area contributed by atoms with Gasteiger partial charge in [0.05, 0.1) is 5.69 Å². The van der Waals surface area contributed by atoms with Crippen LogP contribution in [0.4, 0.5) is 13.2 Å². The topological polar surface area (TPSA) is 44.1 Å². The first-order valence-electron chi connectivity index (χ1n) is 6.86. The second kappa shape index (κ2) is 6.12. The largest absolute Gasteiger partial charge is 0.573 e. The van der Waals surface area contributed by atoms with Gasteiger partial charge in [0, 0.05) is 5.56 Å². The maximum absolute atomic E-state index is 12.2. The fourth-order valence-electron chi connectivity index (χ4n) is 2.15. The molecule has 3 aromatic rings. The third-order valence-electron chi connectivity index (χ3n) is 3.23. The molecule has 0 amide bonds. The summed E-state index contributed by atoms with van der Waals surface area (Å²) in [6, 6.07) is 12.6. The zero-order chi connectivity index (χ0) is 17.3. The van der Waals surface area contributed by atoms with Crippen LogP contribution >= 0.6 is 11.5 Å². The highest BCUT2D eigenvalue weighted by Crippen LogP contribution is 2.27. The number of hydrogen-bond donors (Lipinski definition) is 0. The maximum atomic E-state index is 12.2. The van der Waals surface area contributed by atoms with Crippen LogP contribution in [0.1, 0.15) is 5.56 Å². The number of alkyl halides is 3. The van der Waals surface area contributed by atoms with Crippen LogP contribution in [-0.4, -0.2) is 15.3 Å². The average Bonchev–Trinajstić information content (AvgIpc) is 2.89. The van der Waals surface area contributed by atoms with Gasteiger partial charge in [-0.15, -0.1) is 13.2 Å². The number of halogens is 3. The molecule has 0 radical (unpaired) electrons. The number of aromatic nitrogens is 2. The molecule has 0 unspecified atom stereocenters. The molecule has 0 fully saturated rings. The molecule has 0 aliphatic carbocycles. The Kier molecular flexibility index (Phi) is 4.15. The zero-order valence-electron chi connectivity index (χ0n) is 12.4. The van der Waals surface area contributed by atoms with Crippen molar-refractivity contribution in [1.82, 2.24) is 8.94 Å². The average molecular weight is 352 g/mol. The fraction of sp³-hybridized carbons (Fsp3) is 0.125. The van der Waals surface area contributed by atoms with Crippen molar-refractivity contribution in [3.63, 3.8) is 0 Å². The Labute approximate surface area is 138 Å². The molecular formula is C16H11F3N2O2S. The van der Waals surface area contributed by atoms with E-state index in [2.05, 4.69) is 9.72 Å². The number of hydrogen-bond acceptors (Lipinski definition) is 4. The minimum atomic E-state index is -4.75. The quantitative estimate of drug-likeness (QED) is 0.711. The lowest BCUT2D eigenvalue weighted by Crippen LogP contribution is -2.17. The van der Waals surface area contributed by atoms with Gasteiger partial charge in [0.2, 0.25) is 0 Å². The van der Waals surface area contributed by atoms with E-state index >= 15 is 0 Å². The molecule has 0 atom stereocenters. The molecule has 0 aliphatic rings. The molecule has 0 spiro atoms. The maximum Gasteiger partial charge on any atom is 0.573 e. The van der Waals surface area contributed by atoms with Crippen molar-refractivity contribution in [3.05, 3.63) is 64.6 Å². The predicted octanol–water partition coefficient (Wildman–Crippen LogP) is 4.17. The molecule has 4 nitrogen and oxygen atoms in total. The van der Waals surface area contributed by atoms with Crippen molar-refractivity contribution in [1.29, 1.82) is 0 Å². The van der Waals surface area contributed by atoms with Gasteiger partial charge in [-0.05, 0) is 48.3 Å². The van der Waals surface area contributed by atoms with Gasteiger partial charge in [-0.2, -0.15) is 4.98 Å². The van der Waals surface area contributed by atoms with Crippen molar-refractivity contribution >= 4 is 11.5 Å². The van der Waals surface area contributed by atoms with Gasteiger partial charge in [0.25, 0.3) is 0 Å². The van der Waals surface area contributed by atoms with Crippen LogP contribution in [0.3, 0.4) is 0 Å². The van der Waals surface area contributed by atoms with Crippen LogP contribution in [0, 0.1) is 6.92 Å². The SMILES string of the molecule is Cc1ccccc1-c1nc(=O)n(-c2ccc(OC(F)(F)F)cc2)s1. The summed E-state index contributed by atoms with van der Waals surface area (Å²) in [5.74, 6) is -0.344. The summed E-state index contributed by atoms with van der Waals surface area (Å²) in [6.07, 6.45) is -4.75. The van der Waals surface area contributed by atoms with Crippen LogP contribution in [0.5, 0.6) is 5.75 Å². The Morgan fingerprint density at radius 3 is 2.38 bits per heavy atom. The van der Waals surface area contributed by atoms with Crippen LogP contribution in [-0.2, 0) is 0 Å². The number of rotatable bonds is 3. The third kappa shape index (κ3) is 3.48. The van der Waals surface area contributed by atoms with Gasteiger partial charge in [0.1, 0.15) is 10.8 Å². The van der Waals surface area contributed by atoms with E-state index in [-0.39, 0.29) is 5.75 Å². The van der Waals surface area contributed by atoms with Crippen molar-refractivity contribution in [3.8, 4) is 22.0 Å². The summed E-state index contributed by atoms with van der Waals surface area (Å²) in [5, 5.41) is 0.550. The summed E-state index contributed by atoms with van der Waals surface area (Å²) in [4.78, 5) is 16.1. The van der Waals surface area contributed by atoms with E-state index in [4.69, 9.17) is 0 Å². The Morgan fingerprint density at radius 1 is 1.08 bits per heavy atom. The monoisotopic (exact) mass is 352 g/mol. The highest BCUT2D eigenvalue weighted by Gasteiger charge is 2.31. The number of aryl methyl sites for hydroxylation is 1. The van der Waals surface area contributed by atoms with Gasteiger partial charge in [-0.25, -0.2) is 8.75 Å². The molecule has 24 heavy (non-hydrogen) atoms. The molecule has 124 valence electrons. The molecule has 0 bridgehead atoms. The Bertz CT molecular complexity index is 914. The molecule has 3 rings (SSSR count). The lowest BCUT2D eigenvalue weighted by atomic mass is 10.1. The fourth-order valence-corrected chi connectivity index (χ4v) is 3.11. The Hall–Kier alpha value is -2.61. The molecule has 1 aromatic heterocycles. The second-order valence-electron chi connectivity index (χ2n) is 4.94. The minimum Gasteiger partial charge on any atom is -0.406 e. The van der Waals surface area contributed by atoms with Crippen LogP contribution in [0.15, 0.2) is 53.3 Å². The molecule has 2 aromatic carbocycles. The van der Waals surface area contributed by atoms with Crippen LogP contribution in [0.2, 0.25) is 0 Å². The van der Waals surface area contributed by atoms with Gasteiger partial charge >= 0.3 is 12.1 Å². The molecule has 1 heterocycles. The zero-order valence-corrected chi connectivity index (χ0v) is 13.2. The molecular weight excluding hydrogens is 341 g/mol. The number of ether oxygens (including phenoxy) is 1. The highest BCUT2D eigenvalue weighted by atomic mass is 32.1. The molecule has 8 heteroatoms. The third-order valence-corrected chi connectivity index (χ3v) is 4.26. The predicted molar refractivity (Wildman–Crippen MR) is 84.6 cm³/mol. The minimum absolute atomic E-state index is 0.344. The summed E-state index contributed by atoms with van der Waals surface area (Å²) >= 11 is 1.13. The number of benzene rings is 2. The van der Waals surface area contributed by atoms with Gasteiger partial charge in [-0.1, -0.05) is 24.3 Å². The molecule has 0 N–H and O–H groups in total. The molecule has 0 saturated carbocycles. The normalized spacial score (nSPS) is 11.5. The summed E-state index contributed by atoms with van der Waals surface area (Å²) in [7, 11) is 0. The van der Waals surface area contributed by atoms with E-state index in [0.717, 1.165) is 34.8 Å². The lowest BCUT2D eigenvalue weighted by Gasteiger charge is -2.08.